The van der Waals surface area contributed by atoms with E-state index in [1.54, 1.807) is 4.68 Å². The molecule has 2 atom stereocenters. The summed E-state index contributed by atoms with van der Waals surface area (Å²) in [5, 5.41) is 7.18. The van der Waals surface area contributed by atoms with Crippen LogP contribution in [0.4, 0.5) is 5.69 Å². The first-order chi connectivity index (χ1) is 15.0. The average Bonchev–Trinajstić information content (AvgIpc) is 3.41. The summed E-state index contributed by atoms with van der Waals surface area (Å²) in [6, 6.07) is 16.8. The maximum Gasteiger partial charge on any atom is 0.267 e. The van der Waals surface area contributed by atoms with Gasteiger partial charge >= 0.3 is 0 Å². The van der Waals surface area contributed by atoms with Crippen molar-refractivity contribution in [3.63, 3.8) is 0 Å². The summed E-state index contributed by atoms with van der Waals surface area (Å²) in [4.78, 5) is 11.8. The highest BCUT2D eigenvalue weighted by Crippen LogP contribution is 2.41. The number of rotatable bonds is 5. The molecule has 0 radical (unpaired) electrons. The van der Waals surface area contributed by atoms with E-state index in [4.69, 9.17) is 4.74 Å². The highest BCUT2D eigenvalue weighted by molar-refractivity contribution is 7.92. The predicted octanol–water partition coefficient (Wildman–Crippen LogP) is 2.07. The Labute approximate surface area is 180 Å². The standard InChI is InChI=1S/C22H22N4O4S/c27-22-15-30-14-17(24-22)10-16-12-26(21-9-5-4-8-20(16)21)31(28,29)19-11-23-25(13-19)18-6-2-1-3-7-18/h1-9,11,13,16-17H,10,12,14-15H2,(H,24,27). The van der Waals surface area contributed by atoms with E-state index in [-0.39, 0.29) is 29.4 Å². The molecule has 1 N–H and O–H groups in total. The third-order valence-corrected chi connectivity index (χ3v) is 7.42. The number of ether oxygens (including phenoxy) is 1. The molecule has 31 heavy (non-hydrogen) atoms. The number of nitrogens with one attached hydrogen (secondary N) is 1. The topological polar surface area (TPSA) is 93.5 Å². The minimum Gasteiger partial charge on any atom is -0.370 e. The largest absolute Gasteiger partial charge is 0.370 e. The van der Waals surface area contributed by atoms with Crippen molar-refractivity contribution in [1.29, 1.82) is 0 Å². The highest BCUT2D eigenvalue weighted by Gasteiger charge is 2.38. The number of fused-ring (bicyclic) bond motifs is 1. The van der Waals surface area contributed by atoms with E-state index >= 15 is 0 Å². The van der Waals surface area contributed by atoms with Gasteiger partial charge < -0.3 is 10.1 Å². The Morgan fingerprint density at radius 3 is 2.68 bits per heavy atom. The number of hydrogen-bond donors (Lipinski definition) is 1. The lowest BCUT2D eigenvalue weighted by Crippen LogP contribution is -2.46. The molecule has 160 valence electrons. The van der Waals surface area contributed by atoms with E-state index < -0.39 is 10.0 Å². The maximum atomic E-state index is 13.5. The van der Waals surface area contributed by atoms with Gasteiger partial charge in [0.2, 0.25) is 5.91 Å². The van der Waals surface area contributed by atoms with Gasteiger partial charge in [0.05, 0.1) is 36.4 Å². The molecule has 3 heterocycles. The van der Waals surface area contributed by atoms with Crippen molar-refractivity contribution in [2.75, 3.05) is 24.1 Å². The summed E-state index contributed by atoms with van der Waals surface area (Å²) >= 11 is 0. The number of carbonyl (C=O) groups excluding carboxylic acids is 1. The van der Waals surface area contributed by atoms with Crippen LogP contribution >= 0.6 is 0 Å². The number of amides is 1. The van der Waals surface area contributed by atoms with E-state index in [0.717, 1.165) is 11.3 Å². The molecule has 1 fully saturated rings. The Morgan fingerprint density at radius 1 is 1.10 bits per heavy atom. The number of hydrogen-bond acceptors (Lipinski definition) is 5. The van der Waals surface area contributed by atoms with Crippen LogP contribution in [-0.4, -0.2) is 49.9 Å². The van der Waals surface area contributed by atoms with Gasteiger partial charge in [-0.15, -0.1) is 0 Å². The van der Waals surface area contributed by atoms with Crippen LogP contribution in [0, 0.1) is 0 Å². The third-order valence-electron chi connectivity index (χ3n) is 5.69. The fourth-order valence-electron chi connectivity index (χ4n) is 4.25. The molecule has 0 aliphatic carbocycles. The Hall–Kier alpha value is -3.17. The van der Waals surface area contributed by atoms with E-state index in [0.29, 0.717) is 25.3 Å². The van der Waals surface area contributed by atoms with Crippen molar-refractivity contribution in [2.24, 2.45) is 0 Å². The lowest BCUT2D eigenvalue weighted by atomic mass is 9.94. The number of nitrogens with zero attached hydrogens (tertiary/aromatic N) is 3. The Morgan fingerprint density at radius 2 is 1.87 bits per heavy atom. The van der Waals surface area contributed by atoms with Crippen LogP contribution in [0.5, 0.6) is 0 Å². The molecule has 1 saturated heterocycles. The van der Waals surface area contributed by atoms with Crippen LogP contribution in [0.2, 0.25) is 0 Å². The quantitative estimate of drug-likeness (QED) is 0.658. The molecular formula is C22H22N4O4S. The molecule has 0 spiro atoms. The van der Waals surface area contributed by atoms with Crippen LogP contribution in [-0.2, 0) is 19.6 Å². The Kier molecular flexibility index (Phi) is 4.99. The summed E-state index contributed by atoms with van der Waals surface area (Å²) in [5.74, 6) is -0.178. The van der Waals surface area contributed by atoms with Crippen molar-refractivity contribution in [2.45, 2.75) is 23.3 Å². The molecule has 2 unspecified atom stereocenters. The van der Waals surface area contributed by atoms with Crippen LogP contribution in [0.3, 0.4) is 0 Å². The summed E-state index contributed by atoms with van der Waals surface area (Å²) < 4.78 is 35.4. The number of morpholine rings is 1. The monoisotopic (exact) mass is 438 g/mol. The van der Waals surface area contributed by atoms with Gasteiger partial charge in [0.25, 0.3) is 10.0 Å². The number of sulfonamides is 1. The van der Waals surface area contributed by atoms with Crippen LogP contribution in [0.25, 0.3) is 5.69 Å². The molecular weight excluding hydrogens is 416 g/mol. The van der Waals surface area contributed by atoms with E-state index in [9.17, 15) is 13.2 Å². The summed E-state index contributed by atoms with van der Waals surface area (Å²) in [7, 11) is -3.79. The summed E-state index contributed by atoms with van der Waals surface area (Å²) in [6.45, 7) is 0.815. The molecule has 9 heteroatoms. The SMILES string of the molecule is O=C1COCC(CC2CN(S(=O)(=O)c3cnn(-c4ccccc4)c3)c3ccccc32)N1. The first-order valence-corrected chi connectivity index (χ1v) is 11.6. The van der Waals surface area contributed by atoms with Gasteiger partial charge in [-0.2, -0.15) is 5.10 Å². The zero-order valence-electron chi connectivity index (χ0n) is 16.7. The van der Waals surface area contributed by atoms with E-state index in [2.05, 4.69) is 10.4 Å². The first-order valence-electron chi connectivity index (χ1n) is 10.1. The second-order valence-electron chi connectivity index (χ2n) is 7.76. The second-order valence-corrected chi connectivity index (χ2v) is 9.63. The van der Waals surface area contributed by atoms with Crippen molar-refractivity contribution in [3.05, 3.63) is 72.6 Å². The lowest BCUT2D eigenvalue weighted by molar-refractivity contribution is -0.131. The fourth-order valence-corrected chi connectivity index (χ4v) is 5.72. The molecule has 2 aliphatic heterocycles. The van der Waals surface area contributed by atoms with Crippen molar-refractivity contribution in [3.8, 4) is 5.69 Å². The minimum absolute atomic E-state index is 0.0397. The van der Waals surface area contributed by atoms with Gasteiger partial charge in [-0.3, -0.25) is 9.10 Å². The van der Waals surface area contributed by atoms with Gasteiger partial charge in [-0.05, 0) is 30.2 Å². The van der Waals surface area contributed by atoms with Gasteiger partial charge in [-0.1, -0.05) is 36.4 Å². The molecule has 2 aromatic carbocycles. The van der Waals surface area contributed by atoms with Crippen LogP contribution in [0.1, 0.15) is 17.9 Å². The normalized spacial score (nSPS) is 21.0. The van der Waals surface area contributed by atoms with E-state index in [1.165, 1.54) is 16.7 Å². The summed E-state index contributed by atoms with van der Waals surface area (Å²) in [6.07, 6.45) is 3.53. The van der Waals surface area contributed by atoms with Gasteiger partial charge in [-0.25, -0.2) is 13.1 Å². The molecule has 1 amide bonds. The minimum atomic E-state index is -3.79. The molecule has 5 rings (SSSR count). The Bertz CT molecular complexity index is 1210. The van der Waals surface area contributed by atoms with Crippen molar-refractivity contribution in [1.82, 2.24) is 15.1 Å². The van der Waals surface area contributed by atoms with Crippen LogP contribution in [0.15, 0.2) is 71.9 Å². The number of anilines is 1. The zero-order valence-corrected chi connectivity index (χ0v) is 17.5. The average molecular weight is 439 g/mol. The van der Waals surface area contributed by atoms with Crippen molar-refractivity contribution < 1.29 is 17.9 Å². The number of carbonyl (C=O) groups is 1. The molecule has 8 nitrogen and oxygen atoms in total. The third kappa shape index (κ3) is 3.70. The highest BCUT2D eigenvalue weighted by atomic mass is 32.2. The maximum absolute atomic E-state index is 13.5. The number of para-hydroxylation sites is 2. The molecule has 3 aromatic rings. The van der Waals surface area contributed by atoms with Gasteiger partial charge in [0, 0.05) is 12.5 Å². The smallest absolute Gasteiger partial charge is 0.267 e. The first kappa shape index (κ1) is 19.8. The summed E-state index contributed by atoms with van der Waals surface area (Å²) in [5.41, 5.74) is 2.42. The number of benzene rings is 2. The zero-order chi connectivity index (χ0) is 21.4. The predicted molar refractivity (Wildman–Crippen MR) is 115 cm³/mol. The fraction of sp³-hybridized carbons (Fsp3) is 0.273. The molecule has 0 saturated carbocycles. The molecule has 2 aliphatic rings. The molecule has 0 bridgehead atoms. The Balaban J connectivity index is 1.43. The second kappa shape index (κ2) is 7.82. The van der Waals surface area contributed by atoms with Gasteiger partial charge in [0.15, 0.2) is 0 Å². The number of aromatic nitrogens is 2. The van der Waals surface area contributed by atoms with Gasteiger partial charge in [0.1, 0.15) is 11.5 Å². The lowest BCUT2D eigenvalue weighted by Gasteiger charge is -2.26. The van der Waals surface area contributed by atoms with E-state index in [1.807, 2.05) is 54.6 Å². The van der Waals surface area contributed by atoms with Crippen molar-refractivity contribution >= 4 is 21.6 Å². The van der Waals surface area contributed by atoms with Crippen LogP contribution < -0.4 is 9.62 Å². The molecule has 1 aromatic heterocycles.